The molecule has 1 unspecified atom stereocenters. The quantitative estimate of drug-likeness (QED) is 0.781. The molecule has 4 heteroatoms. The van der Waals surface area contributed by atoms with Crippen LogP contribution in [0.15, 0.2) is 0 Å². The first-order chi connectivity index (χ1) is 8.29. The first-order valence-electron chi connectivity index (χ1n) is 7.00. The van der Waals surface area contributed by atoms with E-state index >= 15 is 0 Å². The number of amides is 1. The molecular formula is C13H25N3O. The molecule has 1 N–H and O–H groups in total. The molecule has 0 aromatic heterocycles. The summed E-state index contributed by atoms with van der Waals surface area (Å²) in [7, 11) is 0. The first kappa shape index (κ1) is 12.8. The standard InChI is InChI=1S/C13H25N3O/c1-2-15-7-3-5-12(10-15)11-16-8-4-6-14-9-13(16)17/h12,14H,2-11H2,1H3. The van der Waals surface area contributed by atoms with Gasteiger partial charge in [0.05, 0.1) is 6.54 Å². The lowest BCUT2D eigenvalue weighted by atomic mass is 9.97. The van der Waals surface area contributed by atoms with Crippen molar-refractivity contribution >= 4 is 5.91 Å². The molecule has 0 aliphatic carbocycles. The maximum atomic E-state index is 11.9. The van der Waals surface area contributed by atoms with Crippen molar-refractivity contribution in [2.75, 3.05) is 45.8 Å². The zero-order valence-electron chi connectivity index (χ0n) is 11.0. The minimum atomic E-state index is 0.288. The molecule has 0 aromatic rings. The highest BCUT2D eigenvalue weighted by Crippen LogP contribution is 2.17. The summed E-state index contributed by atoms with van der Waals surface area (Å²) in [6.07, 6.45) is 3.67. The van der Waals surface area contributed by atoms with Gasteiger partial charge in [0.25, 0.3) is 0 Å². The third-order valence-corrected chi connectivity index (χ3v) is 3.94. The van der Waals surface area contributed by atoms with Crippen molar-refractivity contribution in [3.8, 4) is 0 Å². The molecule has 2 aliphatic heterocycles. The predicted octanol–water partition coefficient (Wildman–Crippen LogP) is 0.540. The largest absolute Gasteiger partial charge is 0.341 e. The van der Waals surface area contributed by atoms with Crippen LogP contribution in [0.1, 0.15) is 26.2 Å². The average molecular weight is 239 g/mol. The van der Waals surface area contributed by atoms with Crippen LogP contribution >= 0.6 is 0 Å². The fraction of sp³-hybridized carbons (Fsp3) is 0.923. The van der Waals surface area contributed by atoms with E-state index in [1.807, 2.05) is 0 Å². The fourth-order valence-corrected chi connectivity index (χ4v) is 2.92. The Bertz CT molecular complexity index is 257. The van der Waals surface area contributed by atoms with Crippen LogP contribution in [0.5, 0.6) is 0 Å². The molecule has 0 spiro atoms. The van der Waals surface area contributed by atoms with E-state index in [0.29, 0.717) is 12.5 Å². The van der Waals surface area contributed by atoms with Gasteiger partial charge in [0.1, 0.15) is 0 Å². The van der Waals surface area contributed by atoms with Gasteiger partial charge in [0.15, 0.2) is 0 Å². The fourth-order valence-electron chi connectivity index (χ4n) is 2.92. The lowest BCUT2D eigenvalue weighted by Crippen LogP contribution is -2.43. The Morgan fingerprint density at radius 2 is 2.24 bits per heavy atom. The molecule has 2 fully saturated rings. The molecule has 98 valence electrons. The Morgan fingerprint density at radius 1 is 1.35 bits per heavy atom. The number of piperidine rings is 1. The van der Waals surface area contributed by atoms with Gasteiger partial charge in [-0.05, 0) is 44.8 Å². The molecule has 0 radical (unpaired) electrons. The zero-order chi connectivity index (χ0) is 12.1. The second kappa shape index (κ2) is 6.36. The summed E-state index contributed by atoms with van der Waals surface area (Å²) in [5.41, 5.74) is 0. The van der Waals surface area contributed by atoms with Crippen molar-refractivity contribution in [1.29, 1.82) is 0 Å². The highest BCUT2D eigenvalue weighted by atomic mass is 16.2. The summed E-state index contributed by atoms with van der Waals surface area (Å²) in [5, 5.41) is 3.18. The summed E-state index contributed by atoms with van der Waals surface area (Å²) in [6, 6.07) is 0. The van der Waals surface area contributed by atoms with Gasteiger partial charge in [-0.1, -0.05) is 6.92 Å². The number of nitrogens with zero attached hydrogens (tertiary/aromatic N) is 2. The van der Waals surface area contributed by atoms with E-state index < -0.39 is 0 Å². The predicted molar refractivity (Wildman–Crippen MR) is 68.9 cm³/mol. The second-order valence-corrected chi connectivity index (χ2v) is 5.27. The van der Waals surface area contributed by atoms with Gasteiger partial charge in [0, 0.05) is 19.6 Å². The highest BCUT2D eigenvalue weighted by Gasteiger charge is 2.24. The SMILES string of the molecule is CCN1CCCC(CN2CCCNCC2=O)C1. The summed E-state index contributed by atoms with van der Waals surface area (Å²) in [5.74, 6) is 0.974. The third kappa shape index (κ3) is 3.68. The Hall–Kier alpha value is -0.610. The van der Waals surface area contributed by atoms with Gasteiger partial charge >= 0.3 is 0 Å². The van der Waals surface area contributed by atoms with E-state index in [1.165, 1.54) is 25.9 Å². The van der Waals surface area contributed by atoms with Crippen LogP contribution in [-0.4, -0.2) is 61.5 Å². The summed E-state index contributed by atoms with van der Waals surface area (Å²) >= 11 is 0. The van der Waals surface area contributed by atoms with E-state index in [2.05, 4.69) is 22.0 Å². The van der Waals surface area contributed by atoms with Gasteiger partial charge < -0.3 is 15.1 Å². The van der Waals surface area contributed by atoms with Crippen LogP contribution in [0.3, 0.4) is 0 Å². The molecule has 2 rings (SSSR count). The zero-order valence-corrected chi connectivity index (χ0v) is 11.0. The van der Waals surface area contributed by atoms with Crippen LogP contribution in [0.2, 0.25) is 0 Å². The topological polar surface area (TPSA) is 35.6 Å². The Labute approximate surface area is 104 Å². The number of hydrogen-bond acceptors (Lipinski definition) is 3. The molecule has 2 aliphatic rings. The number of likely N-dealkylation sites (tertiary alicyclic amines) is 1. The van der Waals surface area contributed by atoms with E-state index in [1.54, 1.807) is 0 Å². The summed E-state index contributed by atoms with van der Waals surface area (Å²) in [6.45, 7) is 9.20. The lowest BCUT2D eigenvalue weighted by Gasteiger charge is -2.34. The first-order valence-corrected chi connectivity index (χ1v) is 7.00. The van der Waals surface area contributed by atoms with Crippen molar-refractivity contribution in [3.63, 3.8) is 0 Å². The van der Waals surface area contributed by atoms with Crippen molar-refractivity contribution in [1.82, 2.24) is 15.1 Å². The van der Waals surface area contributed by atoms with Gasteiger partial charge in [-0.3, -0.25) is 4.79 Å². The maximum Gasteiger partial charge on any atom is 0.236 e. The van der Waals surface area contributed by atoms with Crippen LogP contribution in [-0.2, 0) is 4.79 Å². The van der Waals surface area contributed by atoms with Crippen LogP contribution in [0.25, 0.3) is 0 Å². The third-order valence-electron chi connectivity index (χ3n) is 3.94. The lowest BCUT2D eigenvalue weighted by molar-refractivity contribution is -0.130. The van der Waals surface area contributed by atoms with Gasteiger partial charge in [-0.15, -0.1) is 0 Å². The molecule has 17 heavy (non-hydrogen) atoms. The molecular weight excluding hydrogens is 214 g/mol. The molecule has 0 bridgehead atoms. The van der Waals surface area contributed by atoms with Crippen molar-refractivity contribution in [2.24, 2.45) is 5.92 Å². The molecule has 1 atom stereocenters. The molecule has 4 nitrogen and oxygen atoms in total. The van der Waals surface area contributed by atoms with Crippen LogP contribution < -0.4 is 5.32 Å². The molecule has 1 amide bonds. The molecule has 2 saturated heterocycles. The van der Waals surface area contributed by atoms with Crippen molar-refractivity contribution < 1.29 is 4.79 Å². The highest BCUT2D eigenvalue weighted by molar-refractivity contribution is 5.78. The second-order valence-electron chi connectivity index (χ2n) is 5.27. The van der Waals surface area contributed by atoms with Gasteiger partial charge in [0.2, 0.25) is 5.91 Å². The number of carbonyl (C=O) groups is 1. The monoisotopic (exact) mass is 239 g/mol. The van der Waals surface area contributed by atoms with Gasteiger partial charge in [-0.25, -0.2) is 0 Å². The molecule has 0 aromatic carbocycles. The van der Waals surface area contributed by atoms with Crippen LogP contribution in [0.4, 0.5) is 0 Å². The minimum absolute atomic E-state index is 0.288. The minimum Gasteiger partial charge on any atom is -0.341 e. The Kier molecular flexibility index (Phi) is 4.80. The van der Waals surface area contributed by atoms with Crippen molar-refractivity contribution in [3.05, 3.63) is 0 Å². The summed E-state index contributed by atoms with van der Waals surface area (Å²) < 4.78 is 0. The number of hydrogen-bond donors (Lipinski definition) is 1. The Morgan fingerprint density at radius 3 is 3.06 bits per heavy atom. The van der Waals surface area contributed by atoms with Crippen molar-refractivity contribution in [2.45, 2.75) is 26.2 Å². The molecule has 2 heterocycles. The average Bonchev–Trinajstić information content (AvgIpc) is 2.55. The Balaban J connectivity index is 1.83. The van der Waals surface area contributed by atoms with E-state index in [0.717, 1.165) is 32.6 Å². The molecule has 0 saturated carbocycles. The van der Waals surface area contributed by atoms with E-state index in [4.69, 9.17) is 0 Å². The number of nitrogens with one attached hydrogen (secondary N) is 1. The number of rotatable bonds is 3. The number of carbonyl (C=O) groups excluding carboxylic acids is 1. The maximum absolute atomic E-state index is 11.9. The smallest absolute Gasteiger partial charge is 0.236 e. The normalized spacial score (nSPS) is 28.2. The van der Waals surface area contributed by atoms with Gasteiger partial charge in [-0.2, -0.15) is 0 Å². The van der Waals surface area contributed by atoms with Crippen LogP contribution in [0, 0.1) is 5.92 Å². The van der Waals surface area contributed by atoms with E-state index in [9.17, 15) is 4.79 Å². The summed E-state index contributed by atoms with van der Waals surface area (Å²) in [4.78, 5) is 16.5. The van der Waals surface area contributed by atoms with E-state index in [-0.39, 0.29) is 5.91 Å².